The zero-order valence-electron chi connectivity index (χ0n) is 10.6. The van der Waals surface area contributed by atoms with Gasteiger partial charge in [-0.1, -0.05) is 13.3 Å². The number of unbranched alkanes of at least 4 members (excludes halogenated alkanes) is 1. The summed E-state index contributed by atoms with van der Waals surface area (Å²) >= 11 is 3.33. The van der Waals surface area contributed by atoms with Crippen LogP contribution in [0.5, 0.6) is 0 Å². The van der Waals surface area contributed by atoms with Crippen molar-refractivity contribution < 1.29 is 17.7 Å². The normalized spacial score (nSPS) is 16.7. The summed E-state index contributed by atoms with van der Waals surface area (Å²) in [6, 6.07) is 0. The molecule has 17 heavy (non-hydrogen) atoms. The van der Waals surface area contributed by atoms with Crippen LogP contribution in [0, 0.1) is 0 Å². The van der Waals surface area contributed by atoms with Crippen molar-refractivity contribution in [1.82, 2.24) is 0 Å². The van der Waals surface area contributed by atoms with Gasteiger partial charge in [-0.05, 0) is 41.6 Å². The summed E-state index contributed by atoms with van der Waals surface area (Å²) in [7, 11) is -1.80. The van der Waals surface area contributed by atoms with Crippen molar-refractivity contribution in [2.24, 2.45) is 4.41 Å². The number of alkyl halides is 3. The van der Waals surface area contributed by atoms with Gasteiger partial charge in [0, 0.05) is 6.16 Å². The maximum absolute atomic E-state index is 12.2. The maximum Gasteiger partial charge on any atom is 0.412 e. The minimum Gasteiger partial charge on any atom is -0.327 e. The van der Waals surface area contributed by atoms with Gasteiger partial charge >= 0.3 is 6.18 Å². The average Bonchev–Trinajstić information content (AvgIpc) is 2.08. The van der Waals surface area contributed by atoms with Crippen LogP contribution >= 0.6 is 21.5 Å². The van der Waals surface area contributed by atoms with Crippen LogP contribution in [0.25, 0.3) is 0 Å². The molecular formula is C9H20BrF3NOPSi. The molecule has 2 nitrogen and oxygen atoms in total. The van der Waals surface area contributed by atoms with Crippen LogP contribution in [0.15, 0.2) is 4.41 Å². The molecule has 104 valence electrons. The molecule has 0 rings (SSSR count). The van der Waals surface area contributed by atoms with E-state index in [1.807, 2.05) is 26.6 Å². The first-order valence-electron chi connectivity index (χ1n) is 5.51. The summed E-state index contributed by atoms with van der Waals surface area (Å²) in [5.74, 6) is -2.42. The highest BCUT2D eigenvalue weighted by Gasteiger charge is 2.32. The molecule has 0 aromatic rings. The third kappa shape index (κ3) is 10.3. The first-order valence-corrected chi connectivity index (χ1v) is 12.8. The molecule has 0 aliphatic rings. The van der Waals surface area contributed by atoms with E-state index in [1.54, 1.807) is 0 Å². The van der Waals surface area contributed by atoms with E-state index in [4.69, 9.17) is 4.52 Å². The van der Waals surface area contributed by atoms with Crippen molar-refractivity contribution in [2.75, 3.05) is 12.8 Å². The Balaban J connectivity index is 4.80. The Morgan fingerprint density at radius 3 is 2.18 bits per heavy atom. The smallest absolute Gasteiger partial charge is 0.327 e. The second-order valence-electron chi connectivity index (χ2n) is 4.85. The van der Waals surface area contributed by atoms with E-state index in [2.05, 4.69) is 19.9 Å². The Morgan fingerprint density at radius 2 is 1.82 bits per heavy atom. The van der Waals surface area contributed by atoms with Crippen molar-refractivity contribution in [2.45, 2.75) is 45.6 Å². The quantitative estimate of drug-likeness (QED) is 0.448. The van der Waals surface area contributed by atoms with Gasteiger partial charge in [0.25, 0.3) is 0 Å². The maximum atomic E-state index is 12.2. The van der Waals surface area contributed by atoms with Crippen molar-refractivity contribution in [3.8, 4) is 0 Å². The zero-order chi connectivity index (χ0) is 13.7. The monoisotopic (exact) mass is 353 g/mol. The van der Waals surface area contributed by atoms with Gasteiger partial charge in [-0.15, -0.1) is 0 Å². The predicted molar refractivity (Wildman–Crippen MR) is 73.4 cm³/mol. The van der Waals surface area contributed by atoms with Gasteiger partial charge in [0.2, 0.25) is 0 Å². The number of halogens is 4. The molecule has 8 heteroatoms. The lowest BCUT2D eigenvalue weighted by molar-refractivity contribution is -0.152. The summed E-state index contributed by atoms with van der Waals surface area (Å²) in [4.78, 5) is 0. The van der Waals surface area contributed by atoms with Crippen LogP contribution < -0.4 is 0 Å². The highest BCUT2D eigenvalue weighted by Crippen LogP contribution is 2.60. The van der Waals surface area contributed by atoms with Gasteiger partial charge in [-0.2, -0.15) is 13.2 Å². The molecule has 1 unspecified atom stereocenters. The van der Waals surface area contributed by atoms with E-state index in [1.165, 1.54) is 0 Å². The minimum atomic E-state index is -4.29. The number of hydrogen-bond donors (Lipinski definition) is 0. The average molecular weight is 354 g/mol. The van der Waals surface area contributed by atoms with Crippen LogP contribution in [-0.4, -0.2) is 27.2 Å². The summed E-state index contributed by atoms with van der Waals surface area (Å²) in [6.07, 6.45) is -1.97. The van der Waals surface area contributed by atoms with Crippen LogP contribution in [0.1, 0.15) is 19.8 Å². The number of nitrogens with zero attached hydrogens (tertiary/aromatic N) is 1. The molecule has 0 aromatic heterocycles. The molecule has 1 atom stereocenters. The molecule has 0 saturated carbocycles. The lowest BCUT2D eigenvalue weighted by atomic mass is 10.4. The third-order valence-electron chi connectivity index (χ3n) is 1.66. The first kappa shape index (κ1) is 17.7. The number of hydrogen-bond acceptors (Lipinski definition) is 2. The Kier molecular flexibility index (Phi) is 7.00. The fourth-order valence-electron chi connectivity index (χ4n) is 1.12. The Labute approximate surface area is 110 Å². The van der Waals surface area contributed by atoms with E-state index < -0.39 is 27.0 Å². The minimum absolute atomic E-state index is 0.573. The van der Waals surface area contributed by atoms with E-state index in [-0.39, 0.29) is 0 Å². The van der Waals surface area contributed by atoms with Crippen molar-refractivity contribution in [3.63, 3.8) is 0 Å². The second kappa shape index (κ2) is 6.73. The van der Waals surface area contributed by atoms with Crippen LogP contribution in [0.3, 0.4) is 0 Å². The molecule has 0 bridgehead atoms. The third-order valence-corrected chi connectivity index (χ3v) is 9.76. The zero-order valence-corrected chi connectivity index (χ0v) is 14.1. The molecule has 0 heterocycles. The standard InChI is InChI=1S/C9H20BrF3NOPSi/c1-5-6-7-16(10,14-17(2,3)4)15-8-9(11,12)13/h5-8H2,1-4H3. The highest BCUT2D eigenvalue weighted by atomic mass is 79.9. The fourth-order valence-corrected chi connectivity index (χ4v) is 11.9. The Bertz CT molecular complexity index is 291. The van der Waals surface area contributed by atoms with Gasteiger partial charge < -0.3 is 8.93 Å². The van der Waals surface area contributed by atoms with Gasteiger partial charge in [0.1, 0.15) is 12.6 Å². The molecule has 0 spiro atoms. The van der Waals surface area contributed by atoms with E-state index in [0.717, 1.165) is 12.8 Å². The Morgan fingerprint density at radius 1 is 1.29 bits per heavy atom. The molecular weight excluding hydrogens is 334 g/mol. The van der Waals surface area contributed by atoms with Gasteiger partial charge in [0.15, 0.2) is 8.24 Å². The van der Waals surface area contributed by atoms with Crippen LogP contribution in [0.2, 0.25) is 19.6 Å². The highest BCUT2D eigenvalue weighted by molar-refractivity contribution is 9.40. The van der Waals surface area contributed by atoms with Gasteiger partial charge in [-0.3, -0.25) is 0 Å². The lowest BCUT2D eigenvalue weighted by Crippen LogP contribution is -2.19. The van der Waals surface area contributed by atoms with Gasteiger partial charge in [-0.25, -0.2) is 0 Å². The molecule has 0 aromatic carbocycles. The summed E-state index contributed by atoms with van der Waals surface area (Å²) in [5.41, 5.74) is 0. The molecule has 0 aliphatic carbocycles. The molecule has 0 radical (unpaired) electrons. The fraction of sp³-hybridized carbons (Fsp3) is 1.00. The Hall–Kier alpha value is 0.677. The summed E-state index contributed by atoms with van der Waals surface area (Å²) < 4.78 is 46.1. The number of rotatable bonds is 6. The van der Waals surface area contributed by atoms with E-state index in [0.29, 0.717) is 6.16 Å². The van der Waals surface area contributed by atoms with Crippen molar-refractivity contribution >= 4 is 29.7 Å². The van der Waals surface area contributed by atoms with Crippen LogP contribution in [-0.2, 0) is 4.52 Å². The first-order chi connectivity index (χ1) is 7.47. The summed E-state index contributed by atoms with van der Waals surface area (Å²) in [6.45, 7) is 6.75. The van der Waals surface area contributed by atoms with Crippen LogP contribution in [0.4, 0.5) is 13.2 Å². The van der Waals surface area contributed by atoms with Gasteiger partial charge in [0.05, 0.1) is 0 Å². The van der Waals surface area contributed by atoms with Crippen molar-refractivity contribution in [1.29, 1.82) is 0 Å². The van der Waals surface area contributed by atoms with E-state index in [9.17, 15) is 13.2 Å². The largest absolute Gasteiger partial charge is 0.412 e. The SMILES string of the molecule is CCCCP(Br)(=N[Si](C)(C)C)OCC(F)(F)F. The molecule has 0 saturated heterocycles. The topological polar surface area (TPSA) is 21.6 Å². The molecule has 0 amide bonds. The predicted octanol–water partition coefficient (Wildman–Crippen LogP) is 5.63. The molecule has 0 N–H and O–H groups in total. The summed E-state index contributed by atoms with van der Waals surface area (Å²) in [5, 5.41) is 0. The molecule has 0 fully saturated rings. The lowest BCUT2D eigenvalue weighted by Gasteiger charge is -2.23. The van der Waals surface area contributed by atoms with Crippen molar-refractivity contribution in [3.05, 3.63) is 0 Å². The second-order valence-corrected chi connectivity index (χ2v) is 15.3. The molecule has 0 aliphatic heterocycles. The van der Waals surface area contributed by atoms with E-state index >= 15 is 0 Å².